The summed E-state index contributed by atoms with van der Waals surface area (Å²) in [5.74, 6) is -0.0807. The molecular weight excluding hydrogens is 308 g/mol. The van der Waals surface area contributed by atoms with Crippen LogP contribution in [0.15, 0.2) is 78.9 Å². The first kappa shape index (κ1) is 15.2. The third kappa shape index (κ3) is 2.49. The molecule has 0 spiro atoms. The van der Waals surface area contributed by atoms with Gasteiger partial charge < -0.3 is 0 Å². The fourth-order valence-corrected chi connectivity index (χ4v) is 3.51. The Balaban J connectivity index is 1.93. The van der Waals surface area contributed by atoms with Crippen LogP contribution in [0.1, 0.15) is 28.4 Å². The Hall–Kier alpha value is -3.38. The lowest BCUT2D eigenvalue weighted by Gasteiger charge is -2.37. The van der Waals surface area contributed by atoms with E-state index >= 15 is 0 Å². The maximum absolute atomic E-state index is 13.3. The molecule has 3 aromatic rings. The summed E-state index contributed by atoms with van der Waals surface area (Å²) in [4.78, 5) is 15.0. The first-order chi connectivity index (χ1) is 12.3. The molecule has 3 nitrogen and oxygen atoms in total. The van der Waals surface area contributed by atoms with Crippen LogP contribution in [0.3, 0.4) is 0 Å². The van der Waals surface area contributed by atoms with E-state index in [0.717, 1.165) is 22.4 Å². The van der Waals surface area contributed by atoms with Gasteiger partial charge in [0.25, 0.3) is 5.91 Å². The molecular formula is C22H16N2O. The summed E-state index contributed by atoms with van der Waals surface area (Å²) in [6, 6.07) is 27.1. The topological polar surface area (TPSA) is 44.1 Å². The third-order valence-corrected chi connectivity index (χ3v) is 4.61. The third-order valence-electron chi connectivity index (χ3n) is 4.61. The van der Waals surface area contributed by atoms with Gasteiger partial charge in [0, 0.05) is 11.1 Å². The standard InChI is InChI=1S/C22H16N2O/c23-15-14-21-19-11-5-4-10-17(19)18-12-6-7-13-20(18)24(21)22(25)16-8-2-1-3-9-16/h1-13,21H,14H2. The number of rotatable bonds is 2. The molecule has 1 aliphatic heterocycles. The van der Waals surface area contributed by atoms with Crippen molar-refractivity contribution in [1.29, 1.82) is 5.26 Å². The molecule has 3 aromatic carbocycles. The van der Waals surface area contributed by atoms with E-state index in [1.807, 2.05) is 72.8 Å². The number of hydrogen-bond donors (Lipinski definition) is 0. The number of fused-ring (bicyclic) bond motifs is 3. The van der Waals surface area contributed by atoms with Crippen LogP contribution in [0.2, 0.25) is 0 Å². The van der Waals surface area contributed by atoms with Crippen molar-refractivity contribution in [1.82, 2.24) is 0 Å². The quantitative estimate of drug-likeness (QED) is 0.668. The Morgan fingerprint density at radius 1 is 0.880 bits per heavy atom. The summed E-state index contributed by atoms with van der Waals surface area (Å²) >= 11 is 0. The molecule has 25 heavy (non-hydrogen) atoms. The lowest BCUT2D eigenvalue weighted by atomic mass is 9.86. The van der Waals surface area contributed by atoms with Crippen molar-refractivity contribution in [3.63, 3.8) is 0 Å². The van der Waals surface area contributed by atoms with Gasteiger partial charge in [-0.15, -0.1) is 0 Å². The fourth-order valence-electron chi connectivity index (χ4n) is 3.51. The van der Waals surface area contributed by atoms with E-state index in [-0.39, 0.29) is 18.4 Å². The minimum Gasteiger partial charge on any atom is -0.299 e. The Morgan fingerprint density at radius 3 is 2.28 bits per heavy atom. The smallest absolute Gasteiger partial charge is 0.258 e. The number of carbonyl (C=O) groups is 1. The molecule has 0 saturated heterocycles. The van der Waals surface area contributed by atoms with Gasteiger partial charge in [0.1, 0.15) is 0 Å². The monoisotopic (exact) mass is 324 g/mol. The Bertz CT molecular complexity index is 973. The van der Waals surface area contributed by atoms with Crippen molar-refractivity contribution in [2.75, 3.05) is 4.90 Å². The van der Waals surface area contributed by atoms with Gasteiger partial charge in [0.05, 0.1) is 24.2 Å². The van der Waals surface area contributed by atoms with Crippen LogP contribution in [-0.4, -0.2) is 5.91 Å². The van der Waals surface area contributed by atoms with E-state index in [4.69, 9.17) is 0 Å². The van der Waals surface area contributed by atoms with Crippen molar-refractivity contribution in [2.45, 2.75) is 12.5 Å². The molecule has 4 rings (SSSR count). The maximum Gasteiger partial charge on any atom is 0.258 e. The van der Waals surface area contributed by atoms with Crippen molar-refractivity contribution < 1.29 is 4.79 Å². The molecule has 0 radical (unpaired) electrons. The summed E-state index contributed by atoms with van der Waals surface area (Å²) in [6.07, 6.45) is 0.254. The van der Waals surface area contributed by atoms with Crippen molar-refractivity contribution in [2.24, 2.45) is 0 Å². The molecule has 1 amide bonds. The summed E-state index contributed by atoms with van der Waals surface area (Å²) in [7, 11) is 0. The number of carbonyl (C=O) groups excluding carboxylic acids is 1. The SMILES string of the molecule is N#CCC1c2ccccc2-c2ccccc2N1C(=O)c1ccccc1. The lowest BCUT2D eigenvalue weighted by molar-refractivity contribution is 0.0976. The second kappa shape index (κ2) is 6.26. The number of hydrogen-bond acceptors (Lipinski definition) is 2. The highest BCUT2D eigenvalue weighted by atomic mass is 16.2. The minimum atomic E-state index is -0.288. The van der Waals surface area contributed by atoms with E-state index in [9.17, 15) is 10.1 Å². The second-order valence-electron chi connectivity index (χ2n) is 6.02. The van der Waals surface area contributed by atoms with Gasteiger partial charge in [-0.25, -0.2) is 0 Å². The molecule has 0 N–H and O–H groups in total. The van der Waals surface area contributed by atoms with Crippen LogP contribution in [0.4, 0.5) is 5.69 Å². The number of anilines is 1. The fraction of sp³-hybridized carbons (Fsp3) is 0.0909. The van der Waals surface area contributed by atoms with E-state index in [1.54, 1.807) is 4.90 Å². The normalized spacial score (nSPS) is 15.0. The average molecular weight is 324 g/mol. The van der Waals surface area contributed by atoms with Gasteiger partial charge in [0.2, 0.25) is 0 Å². The molecule has 0 fully saturated rings. The molecule has 0 aliphatic carbocycles. The van der Waals surface area contributed by atoms with Crippen LogP contribution in [0.5, 0.6) is 0 Å². The minimum absolute atomic E-state index is 0.0807. The Labute approximate surface area is 146 Å². The van der Waals surface area contributed by atoms with E-state index in [0.29, 0.717) is 5.56 Å². The van der Waals surface area contributed by atoms with Crippen molar-refractivity contribution in [3.8, 4) is 17.2 Å². The van der Waals surface area contributed by atoms with Crippen molar-refractivity contribution in [3.05, 3.63) is 90.0 Å². The predicted octanol–water partition coefficient (Wildman–Crippen LogP) is 4.97. The van der Waals surface area contributed by atoms with E-state index < -0.39 is 0 Å². The Morgan fingerprint density at radius 2 is 1.52 bits per heavy atom. The van der Waals surface area contributed by atoms with Gasteiger partial charge in [-0.1, -0.05) is 60.7 Å². The number of amides is 1. The van der Waals surface area contributed by atoms with Crippen LogP contribution in [0, 0.1) is 11.3 Å². The molecule has 120 valence electrons. The number of para-hydroxylation sites is 1. The van der Waals surface area contributed by atoms with Crippen LogP contribution >= 0.6 is 0 Å². The van der Waals surface area contributed by atoms with Gasteiger partial charge in [-0.05, 0) is 29.3 Å². The summed E-state index contributed by atoms with van der Waals surface area (Å²) in [5.41, 5.74) is 4.62. The molecule has 0 saturated carbocycles. The molecule has 1 unspecified atom stereocenters. The van der Waals surface area contributed by atoms with Gasteiger partial charge in [-0.3, -0.25) is 9.69 Å². The Kier molecular flexibility index (Phi) is 3.80. The molecule has 0 aromatic heterocycles. The number of nitriles is 1. The molecule has 3 heteroatoms. The highest BCUT2D eigenvalue weighted by Crippen LogP contribution is 2.46. The maximum atomic E-state index is 13.3. The molecule has 0 bridgehead atoms. The van der Waals surface area contributed by atoms with Crippen LogP contribution in [-0.2, 0) is 0 Å². The summed E-state index contributed by atoms with van der Waals surface area (Å²) in [6.45, 7) is 0. The molecule has 1 heterocycles. The zero-order chi connectivity index (χ0) is 17.2. The first-order valence-corrected chi connectivity index (χ1v) is 8.25. The molecule has 1 aliphatic rings. The molecule has 1 atom stereocenters. The van der Waals surface area contributed by atoms with Gasteiger partial charge in [0.15, 0.2) is 0 Å². The van der Waals surface area contributed by atoms with Crippen LogP contribution in [0.25, 0.3) is 11.1 Å². The highest BCUT2D eigenvalue weighted by molar-refractivity contribution is 6.10. The van der Waals surface area contributed by atoms with E-state index in [1.165, 1.54) is 0 Å². The lowest BCUT2D eigenvalue weighted by Crippen LogP contribution is -2.37. The van der Waals surface area contributed by atoms with Crippen molar-refractivity contribution >= 4 is 11.6 Å². The summed E-state index contributed by atoms with van der Waals surface area (Å²) in [5, 5.41) is 9.37. The number of nitrogens with zero attached hydrogens (tertiary/aromatic N) is 2. The first-order valence-electron chi connectivity index (χ1n) is 8.25. The zero-order valence-electron chi connectivity index (χ0n) is 13.6. The second-order valence-corrected chi connectivity index (χ2v) is 6.02. The largest absolute Gasteiger partial charge is 0.299 e. The summed E-state index contributed by atoms with van der Waals surface area (Å²) < 4.78 is 0. The van der Waals surface area contributed by atoms with Gasteiger partial charge in [-0.2, -0.15) is 5.26 Å². The van der Waals surface area contributed by atoms with E-state index in [2.05, 4.69) is 12.1 Å². The zero-order valence-corrected chi connectivity index (χ0v) is 13.6. The van der Waals surface area contributed by atoms with Gasteiger partial charge >= 0.3 is 0 Å². The highest BCUT2D eigenvalue weighted by Gasteiger charge is 2.34. The van der Waals surface area contributed by atoms with Crippen LogP contribution < -0.4 is 4.90 Å². The number of benzene rings is 3. The average Bonchev–Trinajstić information content (AvgIpc) is 2.68. The predicted molar refractivity (Wildman–Crippen MR) is 98.1 cm³/mol.